The highest BCUT2D eigenvalue weighted by Crippen LogP contribution is 2.01. The second-order valence-corrected chi connectivity index (χ2v) is 3.29. The summed E-state index contributed by atoms with van der Waals surface area (Å²) in [6.45, 7) is 1.29. The average molecular weight is 209 g/mol. The molecular formula is C9H15N5O. The van der Waals surface area contributed by atoms with Gasteiger partial charge >= 0.3 is 6.01 Å². The van der Waals surface area contributed by atoms with Crippen molar-refractivity contribution in [2.45, 2.75) is 0 Å². The van der Waals surface area contributed by atoms with Crippen LogP contribution in [0.3, 0.4) is 0 Å². The van der Waals surface area contributed by atoms with Gasteiger partial charge in [0.05, 0.1) is 0 Å². The first-order valence-corrected chi connectivity index (χ1v) is 4.54. The van der Waals surface area contributed by atoms with Crippen LogP contribution in [0, 0.1) is 5.41 Å². The van der Waals surface area contributed by atoms with Gasteiger partial charge in [0, 0.05) is 12.7 Å². The standard InChI is InChI=1S/C9H15N5O/c1-14(2)5-6-15-9-12-4-3-7(13-9)8(10)11/h3-4H,5-6H2,1-2H3,(H3,10,11). The quantitative estimate of drug-likeness (QED) is 0.513. The van der Waals surface area contributed by atoms with Crippen LogP contribution in [0.5, 0.6) is 6.01 Å². The molecule has 1 rings (SSSR count). The third kappa shape index (κ3) is 3.90. The number of rotatable bonds is 5. The van der Waals surface area contributed by atoms with Gasteiger partial charge in [0.2, 0.25) is 0 Å². The van der Waals surface area contributed by atoms with Crippen molar-refractivity contribution in [1.82, 2.24) is 14.9 Å². The summed E-state index contributed by atoms with van der Waals surface area (Å²) in [7, 11) is 3.91. The molecule has 0 saturated carbocycles. The van der Waals surface area contributed by atoms with Crippen LogP contribution < -0.4 is 10.5 Å². The second-order valence-electron chi connectivity index (χ2n) is 3.29. The summed E-state index contributed by atoms with van der Waals surface area (Å²) < 4.78 is 5.29. The van der Waals surface area contributed by atoms with Crippen LogP contribution >= 0.6 is 0 Å². The van der Waals surface area contributed by atoms with Crippen molar-refractivity contribution in [1.29, 1.82) is 5.41 Å². The molecule has 0 amide bonds. The molecule has 1 aromatic rings. The lowest BCUT2D eigenvalue weighted by atomic mass is 10.4. The van der Waals surface area contributed by atoms with E-state index in [0.717, 1.165) is 6.54 Å². The van der Waals surface area contributed by atoms with Crippen molar-refractivity contribution in [3.05, 3.63) is 18.0 Å². The molecule has 82 valence electrons. The van der Waals surface area contributed by atoms with Crippen molar-refractivity contribution in [2.75, 3.05) is 27.2 Å². The van der Waals surface area contributed by atoms with Crippen molar-refractivity contribution in [2.24, 2.45) is 5.73 Å². The van der Waals surface area contributed by atoms with Gasteiger partial charge in [0.15, 0.2) is 0 Å². The molecule has 1 aromatic heterocycles. The zero-order chi connectivity index (χ0) is 11.3. The largest absolute Gasteiger partial charge is 0.462 e. The second kappa shape index (κ2) is 5.26. The van der Waals surface area contributed by atoms with E-state index in [0.29, 0.717) is 12.3 Å². The minimum Gasteiger partial charge on any atom is -0.462 e. The molecule has 6 nitrogen and oxygen atoms in total. The van der Waals surface area contributed by atoms with E-state index in [1.165, 1.54) is 6.20 Å². The number of ether oxygens (including phenoxy) is 1. The molecule has 0 saturated heterocycles. The van der Waals surface area contributed by atoms with Crippen LogP contribution in [0.25, 0.3) is 0 Å². The maximum atomic E-state index is 7.20. The molecule has 3 N–H and O–H groups in total. The molecule has 0 radical (unpaired) electrons. The summed E-state index contributed by atoms with van der Waals surface area (Å²) in [4.78, 5) is 9.88. The predicted octanol–water partition coefficient (Wildman–Crippen LogP) is -0.299. The highest BCUT2D eigenvalue weighted by molar-refractivity contribution is 5.92. The molecule has 1 heterocycles. The van der Waals surface area contributed by atoms with Crippen LogP contribution in [-0.2, 0) is 0 Å². The number of nitrogens with zero attached hydrogens (tertiary/aromatic N) is 3. The zero-order valence-corrected chi connectivity index (χ0v) is 8.90. The summed E-state index contributed by atoms with van der Waals surface area (Å²) in [6.07, 6.45) is 1.52. The monoisotopic (exact) mass is 209 g/mol. The minimum absolute atomic E-state index is 0.0881. The molecule has 0 spiro atoms. The molecule has 15 heavy (non-hydrogen) atoms. The summed E-state index contributed by atoms with van der Waals surface area (Å²) >= 11 is 0. The lowest BCUT2D eigenvalue weighted by Crippen LogP contribution is -2.20. The van der Waals surface area contributed by atoms with Gasteiger partial charge in [0.1, 0.15) is 18.1 Å². The van der Waals surface area contributed by atoms with Gasteiger partial charge in [-0.15, -0.1) is 0 Å². The third-order valence-electron chi connectivity index (χ3n) is 1.68. The first kappa shape index (κ1) is 11.4. The molecule has 0 aliphatic carbocycles. The Morgan fingerprint density at radius 2 is 2.33 bits per heavy atom. The highest BCUT2D eigenvalue weighted by Gasteiger charge is 2.02. The van der Waals surface area contributed by atoms with Gasteiger partial charge in [-0.1, -0.05) is 0 Å². The van der Waals surface area contributed by atoms with Gasteiger partial charge in [-0.25, -0.2) is 4.98 Å². The lowest BCUT2D eigenvalue weighted by Gasteiger charge is -2.09. The SMILES string of the molecule is CN(C)CCOc1nccc(C(=N)N)n1. The first-order chi connectivity index (χ1) is 7.09. The number of likely N-dealkylation sites (N-methyl/N-ethyl adjacent to an activating group) is 1. The fourth-order valence-corrected chi connectivity index (χ4v) is 0.880. The summed E-state index contributed by atoms with van der Waals surface area (Å²) in [6, 6.07) is 1.82. The van der Waals surface area contributed by atoms with E-state index in [-0.39, 0.29) is 11.8 Å². The Labute approximate surface area is 88.6 Å². The van der Waals surface area contributed by atoms with Crippen molar-refractivity contribution >= 4 is 5.84 Å². The lowest BCUT2D eigenvalue weighted by molar-refractivity contribution is 0.245. The van der Waals surface area contributed by atoms with Crippen LogP contribution in [0.15, 0.2) is 12.3 Å². The Hall–Kier alpha value is -1.69. The maximum Gasteiger partial charge on any atom is 0.317 e. The molecule has 0 aliphatic rings. The molecule has 0 atom stereocenters. The number of nitrogens with two attached hydrogens (primary N) is 1. The average Bonchev–Trinajstić information content (AvgIpc) is 2.17. The van der Waals surface area contributed by atoms with E-state index in [2.05, 4.69) is 9.97 Å². The molecule has 0 bridgehead atoms. The van der Waals surface area contributed by atoms with Gasteiger partial charge in [-0.2, -0.15) is 4.98 Å². The minimum atomic E-state index is -0.0881. The number of nitrogen functional groups attached to an aromatic ring is 1. The van der Waals surface area contributed by atoms with Gasteiger partial charge in [0.25, 0.3) is 0 Å². The Morgan fingerprint density at radius 3 is 2.93 bits per heavy atom. The third-order valence-corrected chi connectivity index (χ3v) is 1.68. The van der Waals surface area contributed by atoms with Gasteiger partial charge < -0.3 is 15.4 Å². The van der Waals surface area contributed by atoms with E-state index in [1.54, 1.807) is 6.07 Å². The first-order valence-electron chi connectivity index (χ1n) is 4.54. The van der Waals surface area contributed by atoms with Gasteiger partial charge in [-0.3, -0.25) is 5.41 Å². The Bertz CT molecular complexity index is 339. The van der Waals surface area contributed by atoms with Crippen molar-refractivity contribution in [3.63, 3.8) is 0 Å². The Morgan fingerprint density at radius 1 is 1.60 bits per heavy atom. The zero-order valence-electron chi connectivity index (χ0n) is 8.90. The van der Waals surface area contributed by atoms with Crippen molar-refractivity contribution < 1.29 is 4.74 Å². The molecule has 6 heteroatoms. The number of nitrogens with one attached hydrogen (secondary N) is 1. The number of aromatic nitrogens is 2. The van der Waals surface area contributed by atoms with E-state index in [4.69, 9.17) is 15.9 Å². The topological polar surface area (TPSA) is 88.1 Å². The van der Waals surface area contributed by atoms with Crippen molar-refractivity contribution in [3.8, 4) is 6.01 Å². The smallest absolute Gasteiger partial charge is 0.317 e. The molecule has 0 aromatic carbocycles. The number of hydrogen-bond acceptors (Lipinski definition) is 5. The Kier molecular flexibility index (Phi) is 3.99. The van der Waals surface area contributed by atoms with Crippen LogP contribution in [0.2, 0.25) is 0 Å². The number of amidine groups is 1. The summed E-state index contributed by atoms with van der Waals surface area (Å²) in [5, 5.41) is 7.20. The maximum absolute atomic E-state index is 7.20. The van der Waals surface area contributed by atoms with Gasteiger partial charge in [-0.05, 0) is 20.2 Å². The van der Waals surface area contributed by atoms with Crippen LogP contribution in [0.4, 0.5) is 0 Å². The van der Waals surface area contributed by atoms with E-state index in [1.807, 2.05) is 19.0 Å². The molecule has 0 fully saturated rings. The normalized spacial score (nSPS) is 10.3. The van der Waals surface area contributed by atoms with E-state index >= 15 is 0 Å². The Balaban J connectivity index is 2.54. The fraction of sp³-hybridized carbons (Fsp3) is 0.444. The highest BCUT2D eigenvalue weighted by atomic mass is 16.5. The predicted molar refractivity (Wildman–Crippen MR) is 57.1 cm³/mol. The van der Waals surface area contributed by atoms with Crippen LogP contribution in [0.1, 0.15) is 5.69 Å². The molecular weight excluding hydrogens is 194 g/mol. The number of hydrogen-bond donors (Lipinski definition) is 2. The molecule has 0 aliphatic heterocycles. The van der Waals surface area contributed by atoms with E-state index in [9.17, 15) is 0 Å². The fourth-order valence-electron chi connectivity index (χ4n) is 0.880. The van der Waals surface area contributed by atoms with Crippen LogP contribution in [-0.4, -0.2) is 48.0 Å². The summed E-state index contributed by atoms with van der Waals surface area (Å²) in [5.41, 5.74) is 5.67. The summed E-state index contributed by atoms with van der Waals surface area (Å²) in [5.74, 6) is -0.0881. The van der Waals surface area contributed by atoms with E-state index < -0.39 is 0 Å². The molecule has 0 unspecified atom stereocenters.